The summed E-state index contributed by atoms with van der Waals surface area (Å²) in [5.74, 6) is 0. The van der Waals surface area contributed by atoms with E-state index in [1.165, 1.54) is 25.7 Å². The van der Waals surface area contributed by atoms with Crippen molar-refractivity contribution in [3.8, 4) is 0 Å². The topological polar surface area (TPSA) is 41.5 Å². The number of hydrogen-bond acceptors (Lipinski definition) is 3. The van der Waals surface area contributed by atoms with Gasteiger partial charge in [0.25, 0.3) is 0 Å². The van der Waals surface area contributed by atoms with Gasteiger partial charge in [-0.05, 0) is 39.5 Å². The zero-order chi connectivity index (χ0) is 11.6. The van der Waals surface area contributed by atoms with E-state index >= 15 is 0 Å². The third-order valence-corrected chi connectivity index (χ3v) is 3.83. The summed E-state index contributed by atoms with van der Waals surface area (Å²) in [5, 5.41) is 13.2. The lowest BCUT2D eigenvalue weighted by molar-refractivity contribution is -0.0854. The highest BCUT2D eigenvalue weighted by Crippen LogP contribution is 2.39. The van der Waals surface area contributed by atoms with E-state index in [9.17, 15) is 5.11 Å². The van der Waals surface area contributed by atoms with E-state index in [1.807, 2.05) is 13.8 Å². The van der Waals surface area contributed by atoms with Crippen LogP contribution in [0, 0.1) is 0 Å². The van der Waals surface area contributed by atoms with Gasteiger partial charge in [0.05, 0.1) is 11.2 Å². The van der Waals surface area contributed by atoms with Crippen LogP contribution in [-0.2, 0) is 4.74 Å². The van der Waals surface area contributed by atoms with Gasteiger partial charge in [-0.2, -0.15) is 0 Å². The lowest BCUT2D eigenvalue weighted by Gasteiger charge is -2.39. The molecule has 2 N–H and O–H groups in total. The second-order valence-corrected chi connectivity index (χ2v) is 6.12. The van der Waals surface area contributed by atoms with E-state index in [2.05, 4.69) is 5.32 Å². The molecular formula is C13H25NO2. The number of hydrogen-bond donors (Lipinski definition) is 2. The van der Waals surface area contributed by atoms with Crippen LogP contribution in [0.15, 0.2) is 0 Å². The average molecular weight is 227 g/mol. The first kappa shape index (κ1) is 12.3. The van der Waals surface area contributed by atoms with Gasteiger partial charge in [0.1, 0.15) is 0 Å². The first-order valence-electron chi connectivity index (χ1n) is 6.59. The van der Waals surface area contributed by atoms with Crippen molar-refractivity contribution in [1.82, 2.24) is 5.32 Å². The first-order valence-corrected chi connectivity index (χ1v) is 6.59. The van der Waals surface area contributed by atoms with Gasteiger partial charge in [-0.3, -0.25) is 0 Å². The molecule has 16 heavy (non-hydrogen) atoms. The Hall–Kier alpha value is -0.120. The predicted octanol–water partition coefficient (Wildman–Crippen LogP) is 1.84. The number of ether oxygens (including phenoxy) is 1. The number of aliphatic hydroxyl groups is 1. The molecule has 1 heterocycles. The molecule has 0 aromatic rings. The summed E-state index contributed by atoms with van der Waals surface area (Å²) in [6, 6.07) is 0.526. The summed E-state index contributed by atoms with van der Waals surface area (Å²) >= 11 is 0. The van der Waals surface area contributed by atoms with Crippen LogP contribution < -0.4 is 5.32 Å². The highest BCUT2D eigenvalue weighted by Gasteiger charge is 2.39. The summed E-state index contributed by atoms with van der Waals surface area (Å²) in [4.78, 5) is 0. The Balaban J connectivity index is 1.82. The molecule has 1 unspecified atom stereocenters. The molecule has 1 saturated heterocycles. The molecule has 0 bridgehead atoms. The Kier molecular flexibility index (Phi) is 3.57. The minimum Gasteiger partial charge on any atom is -0.389 e. The van der Waals surface area contributed by atoms with Crippen molar-refractivity contribution in [2.24, 2.45) is 0 Å². The molecule has 0 amide bonds. The lowest BCUT2D eigenvalue weighted by atomic mass is 9.88. The number of nitrogens with one attached hydrogen (secondary N) is 1. The Morgan fingerprint density at radius 3 is 2.69 bits per heavy atom. The molecule has 1 saturated carbocycles. The largest absolute Gasteiger partial charge is 0.389 e. The molecule has 1 aliphatic heterocycles. The maximum Gasteiger partial charge on any atom is 0.0715 e. The monoisotopic (exact) mass is 227 g/mol. The molecular weight excluding hydrogens is 202 g/mol. The second kappa shape index (κ2) is 4.63. The van der Waals surface area contributed by atoms with Gasteiger partial charge in [0, 0.05) is 19.2 Å². The van der Waals surface area contributed by atoms with Crippen LogP contribution in [-0.4, -0.2) is 35.5 Å². The van der Waals surface area contributed by atoms with Crippen LogP contribution in [0.2, 0.25) is 0 Å². The minimum absolute atomic E-state index is 0.176. The third kappa shape index (κ3) is 3.19. The van der Waals surface area contributed by atoms with E-state index in [0.717, 1.165) is 19.4 Å². The standard InChI is InChI=1S/C13H25NO2/c1-12(2,15)10-14-11-5-8-16-13(9-11)6-3-4-7-13/h11,14-15H,3-10H2,1-2H3. The van der Waals surface area contributed by atoms with Crippen LogP contribution >= 0.6 is 0 Å². The summed E-state index contributed by atoms with van der Waals surface area (Å²) < 4.78 is 5.99. The molecule has 3 nitrogen and oxygen atoms in total. The molecule has 94 valence electrons. The van der Waals surface area contributed by atoms with Gasteiger partial charge >= 0.3 is 0 Å². The molecule has 1 atom stereocenters. The SMILES string of the molecule is CC(C)(O)CNC1CCOC2(CCCC2)C1. The van der Waals surface area contributed by atoms with Crippen LogP contribution in [0.1, 0.15) is 52.4 Å². The summed E-state index contributed by atoms with van der Waals surface area (Å²) in [5.41, 5.74) is -0.434. The highest BCUT2D eigenvalue weighted by molar-refractivity contribution is 4.93. The Labute approximate surface area is 98.6 Å². The van der Waals surface area contributed by atoms with Crippen LogP contribution in [0.4, 0.5) is 0 Å². The second-order valence-electron chi connectivity index (χ2n) is 6.12. The molecule has 1 aliphatic carbocycles. The molecule has 0 radical (unpaired) electrons. The van der Waals surface area contributed by atoms with Crippen molar-refractivity contribution in [2.75, 3.05) is 13.2 Å². The van der Waals surface area contributed by atoms with E-state index in [4.69, 9.17) is 4.74 Å². The van der Waals surface area contributed by atoms with Crippen molar-refractivity contribution in [2.45, 2.75) is 69.6 Å². The fourth-order valence-electron chi connectivity index (χ4n) is 2.96. The summed E-state index contributed by atoms with van der Waals surface area (Å²) in [7, 11) is 0. The quantitative estimate of drug-likeness (QED) is 0.773. The average Bonchev–Trinajstić information content (AvgIpc) is 2.63. The van der Waals surface area contributed by atoms with Gasteiger partial charge in [0.2, 0.25) is 0 Å². The maximum absolute atomic E-state index is 9.71. The van der Waals surface area contributed by atoms with Crippen LogP contribution in [0.3, 0.4) is 0 Å². The minimum atomic E-state index is -0.610. The smallest absolute Gasteiger partial charge is 0.0715 e. The molecule has 2 aliphatic rings. The molecule has 2 fully saturated rings. The van der Waals surface area contributed by atoms with Crippen molar-refractivity contribution < 1.29 is 9.84 Å². The Morgan fingerprint density at radius 1 is 1.38 bits per heavy atom. The van der Waals surface area contributed by atoms with E-state index in [1.54, 1.807) is 0 Å². The molecule has 0 aromatic carbocycles. The van der Waals surface area contributed by atoms with Gasteiger partial charge in [-0.25, -0.2) is 0 Å². The van der Waals surface area contributed by atoms with Crippen LogP contribution in [0.5, 0.6) is 0 Å². The van der Waals surface area contributed by atoms with Crippen molar-refractivity contribution in [1.29, 1.82) is 0 Å². The van der Waals surface area contributed by atoms with Crippen molar-refractivity contribution in [3.63, 3.8) is 0 Å². The molecule has 3 heteroatoms. The van der Waals surface area contributed by atoms with Gasteiger partial charge < -0.3 is 15.2 Å². The highest BCUT2D eigenvalue weighted by atomic mass is 16.5. The zero-order valence-electron chi connectivity index (χ0n) is 10.6. The molecule has 1 spiro atoms. The fraction of sp³-hybridized carbons (Fsp3) is 1.00. The Morgan fingerprint density at radius 2 is 2.06 bits per heavy atom. The van der Waals surface area contributed by atoms with E-state index in [-0.39, 0.29) is 5.60 Å². The summed E-state index contributed by atoms with van der Waals surface area (Å²) in [6.45, 7) is 5.26. The predicted molar refractivity (Wildman–Crippen MR) is 64.5 cm³/mol. The van der Waals surface area contributed by atoms with Gasteiger partial charge in [-0.15, -0.1) is 0 Å². The summed E-state index contributed by atoms with van der Waals surface area (Å²) in [6.07, 6.45) is 7.30. The van der Waals surface area contributed by atoms with Crippen molar-refractivity contribution in [3.05, 3.63) is 0 Å². The Bertz CT molecular complexity index is 229. The zero-order valence-corrected chi connectivity index (χ0v) is 10.6. The fourth-order valence-corrected chi connectivity index (χ4v) is 2.96. The first-order chi connectivity index (χ1) is 7.49. The van der Waals surface area contributed by atoms with Crippen molar-refractivity contribution >= 4 is 0 Å². The lowest BCUT2D eigenvalue weighted by Crippen LogP contribution is -2.48. The van der Waals surface area contributed by atoms with Gasteiger partial charge in [-0.1, -0.05) is 12.8 Å². The number of rotatable bonds is 3. The third-order valence-electron chi connectivity index (χ3n) is 3.83. The van der Waals surface area contributed by atoms with E-state index < -0.39 is 5.60 Å². The normalized spacial score (nSPS) is 29.8. The van der Waals surface area contributed by atoms with Crippen LogP contribution in [0.25, 0.3) is 0 Å². The van der Waals surface area contributed by atoms with Gasteiger partial charge in [0.15, 0.2) is 0 Å². The van der Waals surface area contributed by atoms with E-state index in [0.29, 0.717) is 12.6 Å². The molecule has 0 aromatic heterocycles. The molecule has 2 rings (SSSR count). The maximum atomic E-state index is 9.71.